The highest BCUT2D eigenvalue weighted by Gasteiger charge is 2.31. The number of carboxylic acid groups (broad SMARTS) is 1. The number of fused-ring (bicyclic) bond motifs is 2. The van der Waals surface area contributed by atoms with E-state index in [4.69, 9.17) is 15.0 Å². The second kappa shape index (κ2) is 12.6. The van der Waals surface area contributed by atoms with Gasteiger partial charge >= 0.3 is 6.03 Å². The summed E-state index contributed by atoms with van der Waals surface area (Å²) in [6.45, 7) is 5.79. The zero-order chi connectivity index (χ0) is 16.8. The molecule has 3 rings (SSSR count). The van der Waals surface area contributed by atoms with E-state index in [0.29, 0.717) is 6.04 Å². The van der Waals surface area contributed by atoms with E-state index < -0.39 is 0 Å². The standard InChI is InChI=1S/C7H8O.C6H10N2O.C2H6.CH2O2/c8-6-7-4-2-1-3-5-7;9-6-7-5-2-1-3-8(6)4-5;1-2;2-1-3/h1-5,8H,6H2;5H,1-4H2,(H,7,9);1-2H3;1H,(H,2,3). The predicted octanol–water partition coefficient (Wildman–Crippen LogP) is 2.08. The Morgan fingerprint density at radius 3 is 2.32 bits per heavy atom. The van der Waals surface area contributed by atoms with E-state index in [9.17, 15) is 4.79 Å². The summed E-state index contributed by atoms with van der Waals surface area (Å²) in [7, 11) is 0. The van der Waals surface area contributed by atoms with E-state index in [-0.39, 0.29) is 19.1 Å². The van der Waals surface area contributed by atoms with Crippen LogP contribution in [0, 0.1) is 0 Å². The molecule has 22 heavy (non-hydrogen) atoms. The molecule has 1 aromatic rings. The van der Waals surface area contributed by atoms with Crippen LogP contribution >= 0.6 is 0 Å². The van der Waals surface area contributed by atoms with Gasteiger partial charge in [0.2, 0.25) is 0 Å². The number of aliphatic hydroxyl groups is 1. The molecule has 6 nitrogen and oxygen atoms in total. The Labute approximate surface area is 131 Å². The first kappa shape index (κ1) is 19.9. The monoisotopic (exact) mass is 310 g/mol. The van der Waals surface area contributed by atoms with Crippen molar-refractivity contribution < 1.29 is 19.8 Å². The van der Waals surface area contributed by atoms with Crippen molar-refractivity contribution in [2.75, 3.05) is 13.1 Å². The van der Waals surface area contributed by atoms with Gasteiger partial charge in [-0.25, -0.2) is 4.79 Å². The lowest BCUT2D eigenvalue weighted by Gasteiger charge is -2.18. The van der Waals surface area contributed by atoms with Crippen LogP contribution in [0.15, 0.2) is 30.3 Å². The summed E-state index contributed by atoms with van der Waals surface area (Å²) in [5.41, 5.74) is 0.965. The van der Waals surface area contributed by atoms with Crippen molar-refractivity contribution >= 4 is 12.5 Å². The number of piperidine rings is 1. The highest BCUT2D eigenvalue weighted by molar-refractivity contribution is 5.77. The summed E-state index contributed by atoms with van der Waals surface area (Å²) in [6.07, 6.45) is 2.34. The number of carbonyl (C=O) groups excluding carboxylic acids is 1. The number of urea groups is 1. The van der Waals surface area contributed by atoms with E-state index in [1.165, 1.54) is 12.8 Å². The van der Waals surface area contributed by atoms with E-state index in [1.54, 1.807) is 0 Å². The van der Waals surface area contributed by atoms with Crippen LogP contribution in [0.25, 0.3) is 0 Å². The molecule has 0 aliphatic carbocycles. The van der Waals surface area contributed by atoms with Gasteiger partial charge in [-0.05, 0) is 18.4 Å². The van der Waals surface area contributed by atoms with Crippen molar-refractivity contribution in [3.63, 3.8) is 0 Å². The van der Waals surface area contributed by atoms with Crippen molar-refractivity contribution in [1.29, 1.82) is 0 Å². The quantitative estimate of drug-likeness (QED) is 0.693. The van der Waals surface area contributed by atoms with Crippen LogP contribution in [0.1, 0.15) is 32.3 Å². The Morgan fingerprint density at radius 2 is 1.91 bits per heavy atom. The Morgan fingerprint density at radius 1 is 1.32 bits per heavy atom. The highest BCUT2D eigenvalue weighted by Crippen LogP contribution is 2.15. The fourth-order valence-corrected chi connectivity index (χ4v) is 2.13. The van der Waals surface area contributed by atoms with E-state index >= 15 is 0 Å². The molecule has 2 bridgehead atoms. The Hall–Kier alpha value is -2.08. The average Bonchev–Trinajstić information content (AvgIpc) is 2.83. The number of benzene rings is 1. The fraction of sp³-hybridized carbons (Fsp3) is 0.500. The molecule has 0 radical (unpaired) electrons. The molecule has 2 fully saturated rings. The third kappa shape index (κ3) is 7.64. The first-order valence-corrected chi connectivity index (χ1v) is 7.49. The summed E-state index contributed by atoms with van der Waals surface area (Å²) >= 11 is 0. The third-order valence-corrected chi connectivity index (χ3v) is 3.06. The molecule has 3 N–H and O–H groups in total. The molecule has 2 aliphatic heterocycles. The largest absolute Gasteiger partial charge is 0.483 e. The number of aliphatic hydroxyl groups excluding tert-OH is 1. The van der Waals surface area contributed by atoms with Gasteiger partial charge in [-0.15, -0.1) is 0 Å². The lowest BCUT2D eigenvalue weighted by molar-refractivity contribution is -0.122. The number of hydrogen-bond donors (Lipinski definition) is 3. The van der Waals surface area contributed by atoms with Gasteiger partial charge in [0, 0.05) is 19.1 Å². The van der Waals surface area contributed by atoms with Crippen molar-refractivity contribution in [2.45, 2.75) is 39.3 Å². The van der Waals surface area contributed by atoms with Crippen LogP contribution in [-0.2, 0) is 11.4 Å². The molecule has 0 aromatic heterocycles. The number of carbonyl (C=O) groups is 2. The van der Waals surface area contributed by atoms with Crippen LogP contribution in [0.2, 0.25) is 0 Å². The summed E-state index contributed by atoms with van der Waals surface area (Å²) < 4.78 is 0. The maximum absolute atomic E-state index is 10.9. The van der Waals surface area contributed by atoms with Crippen LogP contribution in [-0.4, -0.2) is 46.7 Å². The fourth-order valence-electron chi connectivity index (χ4n) is 2.13. The maximum atomic E-state index is 10.9. The number of rotatable bonds is 1. The summed E-state index contributed by atoms with van der Waals surface area (Å²) in [5, 5.41) is 18.3. The Bertz CT molecular complexity index is 412. The number of hydrogen-bond acceptors (Lipinski definition) is 3. The molecular formula is C16H26N2O4. The molecule has 6 heteroatoms. The number of nitrogens with one attached hydrogen (secondary N) is 1. The van der Waals surface area contributed by atoms with Crippen molar-refractivity contribution in [3.05, 3.63) is 35.9 Å². The minimum absolute atomic E-state index is 0.137. The highest BCUT2D eigenvalue weighted by atomic mass is 16.3. The maximum Gasteiger partial charge on any atom is 0.317 e. The van der Waals surface area contributed by atoms with E-state index in [1.807, 2.05) is 49.1 Å². The van der Waals surface area contributed by atoms with Crippen molar-refractivity contribution in [2.24, 2.45) is 0 Å². The van der Waals surface area contributed by atoms with Gasteiger partial charge in [0.15, 0.2) is 0 Å². The van der Waals surface area contributed by atoms with Gasteiger partial charge in [-0.2, -0.15) is 0 Å². The number of nitrogens with zero attached hydrogens (tertiary/aromatic N) is 1. The lowest BCUT2D eigenvalue weighted by atomic mass is 10.1. The van der Waals surface area contributed by atoms with Crippen LogP contribution in [0.5, 0.6) is 0 Å². The van der Waals surface area contributed by atoms with Gasteiger partial charge in [-0.3, -0.25) is 4.79 Å². The molecule has 1 atom stereocenters. The molecule has 124 valence electrons. The Balaban J connectivity index is 0.000000314. The topological polar surface area (TPSA) is 89.9 Å². The molecule has 2 heterocycles. The lowest BCUT2D eigenvalue weighted by Crippen LogP contribution is -2.30. The third-order valence-electron chi connectivity index (χ3n) is 3.06. The molecule has 0 saturated carbocycles. The van der Waals surface area contributed by atoms with Gasteiger partial charge in [0.1, 0.15) is 0 Å². The van der Waals surface area contributed by atoms with Crippen molar-refractivity contribution in [1.82, 2.24) is 10.2 Å². The molecule has 0 spiro atoms. The predicted molar refractivity (Wildman–Crippen MR) is 85.5 cm³/mol. The second-order valence-electron chi connectivity index (χ2n) is 4.48. The SMILES string of the molecule is CC.O=C1NC2CCCN1C2.O=CO.OCc1ccccc1. The first-order valence-electron chi connectivity index (χ1n) is 7.49. The van der Waals surface area contributed by atoms with E-state index in [2.05, 4.69) is 5.32 Å². The van der Waals surface area contributed by atoms with E-state index in [0.717, 1.165) is 18.7 Å². The smallest absolute Gasteiger partial charge is 0.317 e. The second-order valence-corrected chi connectivity index (χ2v) is 4.48. The van der Waals surface area contributed by atoms with Gasteiger partial charge in [-0.1, -0.05) is 44.2 Å². The number of amides is 2. The van der Waals surface area contributed by atoms with Crippen molar-refractivity contribution in [3.8, 4) is 0 Å². The molecule has 2 saturated heterocycles. The normalized spacial score (nSPS) is 17.5. The zero-order valence-corrected chi connectivity index (χ0v) is 13.2. The van der Waals surface area contributed by atoms with Gasteiger partial charge in [0.05, 0.1) is 6.61 Å². The average molecular weight is 310 g/mol. The molecule has 1 unspecified atom stereocenters. The summed E-state index contributed by atoms with van der Waals surface area (Å²) in [4.78, 5) is 21.1. The van der Waals surface area contributed by atoms with Crippen LogP contribution in [0.4, 0.5) is 4.79 Å². The first-order chi connectivity index (χ1) is 10.7. The summed E-state index contributed by atoms with van der Waals surface area (Å²) in [5.74, 6) is 0. The Kier molecular flexibility index (Phi) is 11.4. The van der Waals surface area contributed by atoms with Crippen LogP contribution < -0.4 is 5.32 Å². The molecule has 2 amide bonds. The molecule has 1 aromatic carbocycles. The molecular weight excluding hydrogens is 284 g/mol. The minimum atomic E-state index is -0.250. The van der Waals surface area contributed by atoms with Crippen LogP contribution in [0.3, 0.4) is 0 Å². The molecule has 2 aliphatic rings. The van der Waals surface area contributed by atoms with Gasteiger partial charge < -0.3 is 20.4 Å². The minimum Gasteiger partial charge on any atom is -0.483 e. The summed E-state index contributed by atoms with van der Waals surface area (Å²) in [6, 6.07) is 10.1. The zero-order valence-electron chi connectivity index (χ0n) is 13.2. The van der Waals surface area contributed by atoms with Gasteiger partial charge in [0.25, 0.3) is 6.47 Å².